The second-order valence-corrected chi connectivity index (χ2v) is 7.46. The number of carbonyl (C=O) groups is 1. The molecule has 29 heavy (non-hydrogen) atoms. The van der Waals surface area contributed by atoms with E-state index in [1.165, 1.54) is 16.9 Å². The fourth-order valence-corrected chi connectivity index (χ4v) is 3.50. The smallest absolute Gasteiger partial charge is 0.248 e. The predicted molar refractivity (Wildman–Crippen MR) is 113 cm³/mol. The molecule has 1 aromatic heterocycles. The van der Waals surface area contributed by atoms with Crippen LogP contribution < -0.4 is 10.2 Å². The lowest BCUT2D eigenvalue weighted by Crippen LogP contribution is -2.31. The van der Waals surface area contributed by atoms with E-state index in [2.05, 4.69) is 56.8 Å². The van der Waals surface area contributed by atoms with Gasteiger partial charge >= 0.3 is 0 Å². The summed E-state index contributed by atoms with van der Waals surface area (Å²) in [6.45, 7) is 2.09. The number of tetrazole rings is 1. The highest BCUT2D eigenvalue weighted by Gasteiger charge is 2.23. The molecule has 8 heteroatoms. The number of nitrogens with one attached hydrogen (secondary N) is 1. The van der Waals surface area contributed by atoms with Gasteiger partial charge in [0.1, 0.15) is 6.54 Å². The molecule has 150 valence electrons. The van der Waals surface area contributed by atoms with Gasteiger partial charge in [0.2, 0.25) is 11.7 Å². The number of aromatic nitrogens is 4. The summed E-state index contributed by atoms with van der Waals surface area (Å²) in [5.74, 6) is 0.313. The van der Waals surface area contributed by atoms with E-state index in [1.807, 2.05) is 42.5 Å². The van der Waals surface area contributed by atoms with Crippen molar-refractivity contribution in [1.29, 1.82) is 0 Å². The van der Waals surface area contributed by atoms with Gasteiger partial charge in [-0.25, -0.2) is 0 Å². The van der Waals surface area contributed by atoms with Crippen molar-refractivity contribution in [3.63, 3.8) is 0 Å². The van der Waals surface area contributed by atoms with Crippen LogP contribution in [0, 0.1) is 0 Å². The molecule has 1 fully saturated rings. The number of amides is 1. The van der Waals surface area contributed by atoms with E-state index in [1.54, 1.807) is 0 Å². The molecule has 1 N–H and O–H groups in total. The van der Waals surface area contributed by atoms with Gasteiger partial charge in [-0.1, -0.05) is 30.3 Å². The minimum atomic E-state index is -0.191. The van der Waals surface area contributed by atoms with Crippen LogP contribution in [0.4, 0.5) is 11.4 Å². The van der Waals surface area contributed by atoms with E-state index in [9.17, 15) is 4.79 Å². The Balaban J connectivity index is 1.33. The molecule has 3 aromatic rings. The van der Waals surface area contributed by atoms with Crippen LogP contribution in [0.1, 0.15) is 6.42 Å². The number of likely N-dealkylation sites (N-methyl/N-ethyl adjacent to an activating group) is 1. The molecule has 1 unspecified atom stereocenters. The maximum atomic E-state index is 12.3. The molecule has 1 amide bonds. The number of nitrogens with zero attached hydrogens (tertiary/aromatic N) is 6. The van der Waals surface area contributed by atoms with Crippen molar-refractivity contribution in [2.75, 3.05) is 37.4 Å². The van der Waals surface area contributed by atoms with E-state index < -0.39 is 0 Å². The van der Waals surface area contributed by atoms with Crippen molar-refractivity contribution in [3.8, 4) is 11.4 Å². The third-order valence-electron chi connectivity index (χ3n) is 5.18. The van der Waals surface area contributed by atoms with Crippen LogP contribution in [-0.4, -0.2) is 64.2 Å². The maximum absolute atomic E-state index is 12.3. The Morgan fingerprint density at radius 2 is 1.90 bits per heavy atom. The molecular formula is C21H25N7O. The lowest BCUT2D eigenvalue weighted by molar-refractivity contribution is -0.117. The monoisotopic (exact) mass is 391 g/mol. The van der Waals surface area contributed by atoms with Crippen LogP contribution in [0.2, 0.25) is 0 Å². The topological polar surface area (TPSA) is 79.2 Å². The fourth-order valence-electron chi connectivity index (χ4n) is 3.50. The summed E-state index contributed by atoms with van der Waals surface area (Å²) >= 11 is 0. The average molecular weight is 391 g/mol. The van der Waals surface area contributed by atoms with Gasteiger partial charge < -0.3 is 15.1 Å². The van der Waals surface area contributed by atoms with Gasteiger partial charge in [0, 0.05) is 36.1 Å². The average Bonchev–Trinajstić information content (AvgIpc) is 3.39. The minimum absolute atomic E-state index is 0.0121. The predicted octanol–water partition coefficient (Wildman–Crippen LogP) is 2.12. The van der Waals surface area contributed by atoms with Crippen LogP contribution in [0.3, 0.4) is 0 Å². The molecule has 0 bridgehead atoms. The first-order valence-corrected chi connectivity index (χ1v) is 9.73. The third kappa shape index (κ3) is 4.60. The molecule has 0 aliphatic carbocycles. The Hall–Kier alpha value is -3.26. The van der Waals surface area contributed by atoms with Gasteiger partial charge in [0.05, 0.1) is 0 Å². The van der Waals surface area contributed by atoms with Gasteiger partial charge in [0.15, 0.2) is 0 Å². The largest absolute Gasteiger partial charge is 0.370 e. The molecule has 1 atom stereocenters. The van der Waals surface area contributed by atoms with Gasteiger partial charge in [-0.15, -0.1) is 10.2 Å². The normalized spacial score (nSPS) is 16.4. The van der Waals surface area contributed by atoms with Crippen molar-refractivity contribution in [3.05, 3.63) is 54.6 Å². The van der Waals surface area contributed by atoms with E-state index in [0.717, 1.165) is 24.3 Å². The van der Waals surface area contributed by atoms with E-state index >= 15 is 0 Å². The second-order valence-electron chi connectivity index (χ2n) is 7.46. The molecule has 1 saturated heterocycles. The molecule has 8 nitrogen and oxygen atoms in total. The first kappa shape index (κ1) is 19.1. The SMILES string of the molecule is CN(C)C1CCN(c2ccc(NC(=O)Cn3nnc(-c4ccccc4)n3)cc2)C1. The lowest BCUT2D eigenvalue weighted by atomic mass is 10.2. The molecule has 0 radical (unpaired) electrons. The lowest BCUT2D eigenvalue weighted by Gasteiger charge is -2.22. The van der Waals surface area contributed by atoms with Crippen LogP contribution in [0.5, 0.6) is 0 Å². The second kappa shape index (κ2) is 8.40. The first-order chi connectivity index (χ1) is 14.1. The molecular weight excluding hydrogens is 366 g/mol. The summed E-state index contributed by atoms with van der Waals surface area (Å²) in [4.78, 5) is 18.3. The Bertz CT molecular complexity index is 953. The summed E-state index contributed by atoms with van der Waals surface area (Å²) < 4.78 is 0. The van der Waals surface area contributed by atoms with Gasteiger partial charge in [-0.3, -0.25) is 4.79 Å². The highest BCUT2D eigenvalue weighted by molar-refractivity contribution is 5.90. The summed E-state index contributed by atoms with van der Waals surface area (Å²) in [6, 6.07) is 18.1. The maximum Gasteiger partial charge on any atom is 0.248 e. The van der Waals surface area contributed by atoms with E-state index in [-0.39, 0.29) is 12.5 Å². The van der Waals surface area contributed by atoms with Crippen LogP contribution in [-0.2, 0) is 11.3 Å². The zero-order valence-corrected chi connectivity index (χ0v) is 16.7. The summed E-state index contributed by atoms with van der Waals surface area (Å²) in [7, 11) is 4.25. The van der Waals surface area contributed by atoms with Crippen molar-refractivity contribution in [2.45, 2.75) is 19.0 Å². The van der Waals surface area contributed by atoms with Crippen LogP contribution in [0.15, 0.2) is 54.6 Å². The van der Waals surface area contributed by atoms with Gasteiger partial charge in [0.25, 0.3) is 0 Å². The Labute approximate surface area is 170 Å². The highest BCUT2D eigenvalue weighted by Crippen LogP contribution is 2.23. The van der Waals surface area contributed by atoms with Gasteiger partial charge in [-0.05, 0) is 50.0 Å². The number of benzene rings is 2. The first-order valence-electron chi connectivity index (χ1n) is 9.73. The molecule has 1 aliphatic heterocycles. The zero-order chi connectivity index (χ0) is 20.2. The van der Waals surface area contributed by atoms with Crippen molar-refractivity contribution < 1.29 is 4.79 Å². The van der Waals surface area contributed by atoms with Crippen molar-refractivity contribution in [1.82, 2.24) is 25.1 Å². The Morgan fingerprint density at radius 1 is 1.14 bits per heavy atom. The number of hydrogen-bond donors (Lipinski definition) is 1. The zero-order valence-electron chi connectivity index (χ0n) is 16.7. The molecule has 2 heterocycles. The Morgan fingerprint density at radius 3 is 2.59 bits per heavy atom. The highest BCUT2D eigenvalue weighted by atomic mass is 16.2. The molecule has 1 aliphatic rings. The summed E-state index contributed by atoms with van der Waals surface area (Å²) in [5, 5.41) is 15.1. The minimum Gasteiger partial charge on any atom is -0.370 e. The Kier molecular flexibility index (Phi) is 5.53. The molecule has 0 spiro atoms. The summed E-state index contributed by atoms with van der Waals surface area (Å²) in [6.07, 6.45) is 1.17. The van der Waals surface area contributed by atoms with E-state index in [0.29, 0.717) is 11.9 Å². The number of rotatable bonds is 6. The van der Waals surface area contributed by atoms with Crippen LogP contribution >= 0.6 is 0 Å². The number of carbonyl (C=O) groups excluding carboxylic acids is 1. The standard InChI is InChI=1S/C21H25N7O/c1-26(2)19-12-13-27(14-19)18-10-8-17(9-11-18)22-20(29)15-28-24-21(23-25-28)16-6-4-3-5-7-16/h3-11,19H,12-15H2,1-2H3,(H,22,29). The quantitative estimate of drug-likeness (QED) is 0.693. The molecule has 0 saturated carbocycles. The third-order valence-corrected chi connectivity index (χ3v) is 5.18. The molecule has 4 rings (SSSR count). The van der Waals surface area contributed by atoms with Gasteiger partial charge in [-0.2, -0.15) is 4.80 Å². The van der Waals surface area contributed by atoms with Crippen molar-refractivity contribution in [2.24, 2.45) is 0 Å². The molecule has 2 aromatic carbocycles. The van der Waals surface area contributed by atoms with Crippen LogP contribution in [0.25, 0.3) is 11.4 Å². The fraction of sp³-hybridized carbons (Fsp3) is 0.333. The van der Waals surface area contributed by atoms with E-state index in [4.69, 9.17) is 0 Å². The summed E-state index contributed by atoms with van der Waals surface area (Å²) in [5.41, 5.74) is 2.80. The number of anilines is 2. The van der Waals surface area contributed by atoms with Crippen molar-refractivity contribution >= 4 is 17.3 Å². The number of hydrogen-bond acceptors (Lipinski definition) is 6.